The molecule has 3 rings (SSSR count). The van der Waals surface area contributed by atoms with Gasteiger partial charge < -0.3 is 10.1 Å². The summed E-state index contributed by atoms with van der Waals surface area (Å²) >= 11 is 0. The highest BCUT2D eigenvalue weighted by molar-refractivity contribution is 6.06. The zero-order valence-corrected chi connectivity index (χ0v) is 13.7. The van der Waals surface area contributed by atoms with Crippen LogP contribution in [0.5, 0.6) is 5.88 Å². The van der Waals surface area contributed by atoms with Gasteiger partial charge in [-0.3, -0.25) is 4.79 Å². The zero-order chi connectivity index (χ0) is 19.1. The Bertz CT molecular complexity index is 996. The number of aryl methyl sites for hydroxylation is 1. The van der Waals surface area contributed by atoms with E-state index in [9.17, 15) is 22.4 Å². The van der Waals surface area contributed by atoms with Crippen LogP contribution in [0.1, 0.15) is 15.9 Å². The fourth-order valence-electron chi connectivity index (χ4n) is 2.58. The molecule has 0 aliphatic rings. The van der Waals surface area contributed by atoms with Crippen molar-refractivity contribution in [2.45, 2.75) is 6.18 Å². The monoisotopic (exact) mass is 367 g/mol. The van der Waals surface area contributed by atoms with Gasteiger partial charge in [0.1, 0.15) is 5.82 Å². The Morgan fingerprint density at radius 2 is 1.92 bits per heavy atom. The Labute approximate surface area is 145 Å². The highest BCUT2D eigenvalue weighted by Gasteiger charge is 2.34. The first-order chi connectivity index (χ1) is 12.2. The molecule has 9 heteroatoms. The molecule has 136 valence electrons. The molecule has 5 nitrogen and oxygen atoms in total. The first-order valence-corrected chi connectivity index (χ1v) is 7.39. The Kier molecular flexibility index (Phi) is 4.31. The van der Waals surface area contributed by atoms with Crippen molar-refractivity contribution >= 4 is 22.5 Å². The topological polar surface area (TPSA) is 56.1 Å². The van der Waals surface area contributed by atoms with Crippen LogP contribution in [0.3, 0.4) is 0 Å². The fourth-order valence-corrected chi connectivity index (χ4v) is 2.58. The van der Waals surface area contributed by atoms with Gasteiger partial charge in [-0.25, -0.2) is 9.07 Å². The van der Waals surface area contributed by atoms with Crippen LogP contribution >= 0.6 is 0 Å². The average molecular weight is 367 g/mol. The molecule has 1 N–H and O–H groups in total. The van der Waals surface area contributed by atoms with Crippen molar-refractivity contribution < 1.29 is 27.1 Å². The standard InChI is InChI=1S/C17H13F4N3O2/c1-24-16(26-2)11-5-3-9(7-14(11)23-24)15(25)22-10-4-6-13(18)12(8-10)17(19,20)21/h3-8H,1-2H3,(H,22,25). The summed E-state index contributed by atoms with van der Waals surface area (Å²) in [5, 5.41) is 7.22. The first-order valence-electron chi connectivity index (χ1n) is 7.39. The van der Waals surface area contributed by atoms with Crippen molar-refractivity contribution in [3.8, 4) is 5.88 Å². The summed E-state index contributed by atoms with van der Waals surface area (Å²) in [5.74, 6) is -1.53. The van der Waals surface area contributed by atoms with E-state index in [1.165, 1.54) is 23.9 Å². The van der Waals surface area contributed by atoms with E-state index in [1.54, 1.807) is 13.1 Å². The van der Waals surface area contributed by atoms with Gasteiger partial charge in [0, 0.05) is 18.3 Å². The lowest BCUT2D eigenvalue weighted by Gasteiger charge is -2.11. The molecule has 26 heavy (non-hydrogen) atoms. The largest absolute Gasteiger partial charge is 0.481 e. The summed E-state index contributed by atoms with van der Waals surface area (Å²) in [4.78, 5) is 12.3. The van der Waals surface area contributed by atoms with E-state index in [4.69, 9.17) is 4.74 Å². The SMILES string of the molecule is COc1c2ccc(C(=O)Nc3ccc(F)c(C(F)(F)F)c3)cc2nn1C. The number of ether oxygens (including phenoxy) is 1. The van der Waals surface area contributed by atoms with Gasteiger partial charge in [-0.2, -0.15) is 18.3 Å². The maximum atomic E-state index is 13.3. The van der Waals surface area contributed by atoms with Gasteiger partial charge in [0.2, 0.25) is 5.88 Å². The van der Waals surface area contributed by atoms with Crippen LogP contribution in [0.4, 0.5) is 23.2 Å². The number of carbonyl (C=O) groups excluding carboxylic acids is 1. The Hall–Kier alpha value is -3.10. The van der Waals surface area contributed by atoms with E-state index in [0.29, 0.717) is 28.9 Å². The van der Waals surface area contributed by atoms with Crippen LogP contribution in [0.25, 0.3) is 10.9 Å². The Morgan fingerprint density at radius 3 is 2.58 bits per heavy atom. The molecule has 1 amide bonds. The molecule has 0 aliphatic carbocycles. The van der Waals surface area contributed by atoms with Crippen molar-refractivity contribution in [3.63, 3.8) is 0 Å². The molecule has 0 spiro atoms. The molecule has 0 bridgehead atoms. The maximum Gasteiger partial charge on any atom is 0.419 e. The molecule has 2 aromatic carbocycles. The van der Waals surface area contributed by atoms with Crippen LogP contribution < -0.4 is 10.1 Å². The molecular weight excluding hydrogens is 354 g/mol. The Balaban J connectivity index is 1.90. The van der Waals surface area contributed by atoms with E-state index in [1.807, 2.05) is 0 Å². The minimum atomic E-state index is -4.85. The highest BCUT2D eigenvalue weighted by Crippen LogP contribution is 2.33. The van der Waals surface area contributed by atoms with Crippen LogP contribution in [-0.4, -0.2) is 22.8 Å². The van der Waals surface area contributed by atoms with Gasteiger partial charge >= 0.3 is 6.18 Å². The number of anilines is 1. The van der Waals surface area contributed by atoms with Gasteiger partial charge in [-0.1, -0.05) is 0 Å². The van der Waals surface area contributed by atoms with E-state index >= 15 is 0 Å². The van der Waals surface area contributed by atoms with Crippen LogP contribution in [0.2, 0.25) is 0 Å². The molecule has 0 radical (unpaired) electrons. The summed E-state index contributed by atoms with van der Waals surface area (Å²) in [7, 11) is 3.17. The summed E-state index contributed by atoms with van der Waals surface area (Å²) in [5.41, 5.74) is -0.925. The van der Waals surface area contributed by atoms with Crippen molar-refractivity contribution in [3.05, 3.63) is 53.3 Å². The van der Waals surface area contributed by atoms with Crippen molar-refractivity contribution in [1.82, 2.24) is 9.78 Å². The molecule has 3 aromatic rings. The fraction of sp³-hybridized carbons (Fsp3) is 0.176. The second-order valence-electron chi connectivity index (χ2n) is 5.51. The van der Waals surface area contributed by atoms with E-state index in [-0.39, 0.29) is 11.3 Å². The number of hydrogen-bond donors (Lipinski definition) is 1. The third-order valence-corrected chi connectivity index (χ3v) is 3.76. The minimum Gasteiger partial charge on any atom is -0.481 e. The normalized spacial score (nSPS) is 11.6. The number of methoxy groups -OCH3 is 1. The number of nitrogens with one attached hydrogen (secondary N) is 1. The molecule has 0 aliphatic heterocycles. The number of hydrogen-bond acceptors (Lipinski definition) is 3. The first kappa shape index (κ1) is 17.7. The molecule has 1 aromatic heterocycles. The zero-order valence-electron chi connectivity index (χ0n) is 13.7. The summed E-state index contributed by atoms with van der Waals surface area (Å²) in [6.07, 6.45) is -4.85. The predicted octanol–water partition coefficient (Wildman–Crippen LogP) is 3.99. The molecule has 0 saturated heterocycles. The van der Waals surface area contributed by atoms with E-state index in [0.717, 1.165) is 6.07 Å². The molecule has 0 fully saturated rings. The van der Waals surface area contributed by atoms with Gasteiger partial charge in [-0.15, -0.1) is 0 Å². The third kappa shape index (κ3) is 3.19. The Morgan fingerprint density at radius 1 is 1.19 bits per heavy atom. The summed E-state index contributed by atoms with van der Waals surface area (Å²) < 4.78 is 58.3. The smallest absolute Gasteiger partial charge is 0.419 e. The van der Waals surface area contributed by atoms with E-state index in [2.05, 4.69) is 10.4 Å². The number of benzene rings is 2. The van der Waals surface area contributed by atoms with Gasteiger partial charge in [0.05, 0.1) is 23.6 Å². The highest BCUT2D eigenvalue weighted by atomic mass is 19.4. The quantitative estimate of drug-likeness (QED) is 0.712. The van der Waals surface area contributed by atoms with Gasteiger partial charge in [-0.05, 0) is 36.4 Å². The maximum absolute atomic E-state index is 13.3. The number of fused-ring (bicyclic) bond motifs is 1. The molecule has 0 unspecified atom stereocenters. The second-order valence-corrected chi connectivity index (χ2v) is 5.51. The number of aromatic nitrogens is 2. The number of nitrogens with zero attached hydrogens (tertiary/aromatic N) is 2. The van der Waals surface area contributed by atoms with Crippen LogP contribution in [0.15, 0.2) is 36.4 Å². The lowest BCUT2D eigenvalue weighted by molar-refractivity contribution is -0.139. The van der Waals surface area contributed by atoms with Gasteiger partial charge in [0.15, 0.2) is 0 Å². The summed E-state index contributed by atoms with van der Waals surface area (Å²) in [6, 6.07) is 6.88. The van der Waals surface area contributed by atoms with Crippen LogP contribution in [0, 0.1) is 5.82 Å². The van der Waals surface area contributed by atoms with Crippen molar-refractivity contribution in [2.24, 2.45) is 7.05 Å². The van der Waals surface area contributed by atoms with Gasteiger partial charge in [0.25, 0.3) is 5.91 Å². The lowest BCUT2D eigenvalue weighted by Crippen LogP contribution is -2.14. The number of alkyl halides is 3. The predicted molar refractivity (Wildman–Crippen MR) is 86.6 cm³/mol. The second kappa shape index (κ2) is 6.32. The number of carbonyl (C=O) groups is 1. The lowest BCUT2D eigenvalue weighted by atomic mass is 10.1. The molecule has 0 atom stereocenters. The number of halogens is 4. The van der Waals surface area contributed by atoms with Crippen molar-refractivity contribution in [2.75, 3.05) is 12.4 Å². The number of amides is 1. The molecular formula is C17H13F4N3O2. The average Bonchev–Trinajstić information content (AvgIpc) is 2.89. The van der Waals surface area contributed by atoms with Crippen molar-refractivity contribution in [1.29, 1.82) is 0 Å². The number of rotatable bonds is 3. The minimum absolute atomic E-state index is 0.164. The molecule has 1 heterocycles. The van der Waals surface area contributed by atoms with Crippen LogP contribution in [-0.2, 0) is 13.2 Å². The van der Waals surface area contributed by atoms with E-state index < -0.39 is 23.5 Å². The third-order valence-electron chi connectivity index (χ3n) is 3.76. The molecule has 0 saturated carbocycles. The summed E-state index contributed by atoms with van der Waals surface area (Å²) in [6.45, 7) is 0.